The second-order valence-electron chi connectivity index (χ2n) is 7.00. The summed E-state index contributed by atoms with van der Waals surface area (Å²) in [5, 5.41) is 3.72. The summed E-state index contributed by atoms with van der Waals surface area (Å²) in [6.07, 6.45) is 1.34. The van der Waals surface area contributed by atoms with Gasteiger partial charge in [0.15, 0.2) is 16.9 Å². The normalized spacial score (nSPS) is 11.0. The molecule has 2 heterocycles. The molecule has 11 heteroatoms. The van der Waals surface area contributed by atoms with E-state index in [1.165, 1.54) is 29.6 Å². The number of aromatic nitrogens is 4. The number of fused-ring (bicyclic) bond motifs is 1. The molecule has 0 aliphatic heterocycles. The van der Waals surface area contributed by atoms with Crippen molar-refractivity contribution >= 4 is 46.0 Å². The Morgan fingerprint density at radius 3 is 2.44 bits per heavy atom. The predicted octanol–water partition coefficient (Wildman–Crippen LogP) is 3.17. The van der Waals surface area contributed by atoms with E-state index in [1.807, 2.05) is 0 Å². The summed E-state index contributed by atoms with van der Waals surface area (Å²) in [5.41, 5.74) is -0.348. The van der Waals surface area contributed by atoms with Gasteiger partial charge in [0, 0.05) is 24.1 Å². The third-order valence-electron chi connectivity index (χ3n) is 4.79. The summed E-state index contributed by atoms with van der Waals surface area (Å²) in [4.78, 5) is 41.5. The van der Waals surface area contributed by atoms with E-state index in [4.69, 9.17) is 27.9 Å². The fourth-order valence-electron chi connectivity index (χ4n) is 3.18. The van der Waals surface area contributed by atoms with Crippen LogP contribution in [0.1, 0.15) is 0 Å². The van der Waals surface area contributed by atoms with Crippen molar-refractivity contribution in [1.82, 2.24) is 18.7 Å². The number of benzene rings is 2. The number of hydrogen-bond donors (Lipinski definition) is 1. The fourth-order valence-corrected chi connectivity index (χ4v) is 3.48. The van der Waals surface area contributed by atoms with Crippen LogP contribution in [-0.2, 0) is 25.4 Å². The van der Waals surface area contributed by atoms with Gasteiger partial charge in [-0.25, -0.2) is 9.78 Å². The van der Waals surface area contributed by atoms with Crippen molar-refractivity contribution in [3.8, 4) is 11.5 Å². The maximum atomic E-state index is 12.8. The van der Waals surface area contributed by atoms with Gasteiger partial charge in [-0.3, -0.25) is 18.7 Å². The van der Waals surface area contributed by atoms with E-state index in [-0.39, 0.29) is 17.7 Å². The molecule has 1 N–H and O–H groups in total. The van der Waals surface area contributed by atoms with Gasteiger partial charge in [0.05, 0.1) is 12.0 Å². The summed E-state index contributed by atoms with van der Waals surface area (Å²) in [5.74, 6) is 0.458. The molecule has 0 atom stereocenters. The average Bonchev–Trinajstić information content (AvgIpc) is 3.17. The lowest BCUT2D eigenvalue weighted by Gasteiger charge is -2.13. The van der Waals surface area contributed by atoms with Crippen LogP contribution in [0.3, 0.4) is 0 Å². The van der Waals surface area contributed by atoms with Crippen LogP contribution in [0.4, 0.5) is 5.69 Å². The van der Waals surface area contributed by atoms with Gasteiger partial charge in [0.2, 0.25) is 5.91 Å². The van der Waals surface area contributed by atoms with E-state index < -0.39 is 17.2 Å². The zero-order valence-corrected chi connectivity index (χ0v) is 18.5. The third-order valence-corrected chi connectivity index (χ3v) is 5.28. The summed E-state index contributed by atoms with van der Waals surface area (Å²) >= 11 is 12.0. The largest absolute Gasteiger partial charge is 0.455 e. The number of carbonyl (C=O) groups is 1. The van der Waals surface area contributed by atoms with Gasteiger partial charge in [-0.2, -0.15) is 0 Å². The number of aryl methyl sites for hydroxylation is 1. The first-order valence-corrected chi connectivity index (χ1v) is 10.1. The van der Waals surface area contributed by atoms with Crippen LogP contribution < -0.4 is 21.3 Å². The number of halogens is 2. The standard InChI is InChI=1S/C21H17Cl2N5O4/c1-26-19-18(20(30)27(2)21(26)31)28(11-24-19)10-17(29)25-15-9-13(23)5-8-16(15)32-14-6-3-12(22)4-7-14/h3-9,11H,10H2,1-2H3,(H,25,29). The quantitative estimate of drug-likeness (QED) is 0.479. The highest BCUT2D eigenvalue weighted by Gasteiger charge is 2.17. The Bertz CT molecular complexity index is 1450. The zero-order valence-electron chi connectivity index (χ0n) is 17.0. The Hall–Kier alpha value is -3.56. The van der Waals surface area contributed by atoms with Crippen LogP contribution >= 0.6 is 23.2 Å². The fraction of sp³-hybridized carbons (Fsp3) is 0.143. The first-order chi connectivity index (χ1) is 15.2. The number of ether oxygens (including phenoxy) is 1. The minimum Gasteiger partial charge on any atom is -0.455 e. The van der Waals surface area contributed by atoms with Crippen LogP contribution in [0.5, 0.6) is 11.5 Å². The van der Waals surface area contributed by atoms with Crippen molar-refractivity contribution in [2.75, 3.05) is 5.32 Å². The van der Waals surface area contributed by atoms with Crippen LogP contribution in [0, 0.1) is 0 Å². The molecule has 2 aromatic carbocycles. The minimum absolute atomic E-state index is 0.147. The number of imidazole rings is 1. The first-order valence-electron chi connectivity index (χ1n) is 9.38. The molecule has 0 saturated carbocycles. The second kappa shape index (κ2) is 8.52. The van der Waals surface area contributed by atoms with E-state index in [1.54, 1.807) is 42.5 Å². The van der Waals surface area contributed by atoms with E-state index >= 15 is 0 Å². The molecule has 0 aliphatic carbocycles. The number of nitrogens with zero attached hydrogens (tertiary/aromatic N) is 4. The summed E-state index contributed by atoms with van der Waals surface area (Å²) in [7, 11) is 2.88. The van der Waals surface area contributed by atoms with Gasteiger partial charge >= 0.3 is 5.69 Å². The summed E-state index contributed by atoms with van der Waals surface area (Å²) < 4.78 is 9.45. The zero-order chi connectivity index (χ0) is 23.0. The molecule has 0 spiro atoms. The van der Waals surface area contributed by atoms with E-state index in [9.17, 15) is 14.4 Å². The van der Waals surface area contributed by atoms with Crippen molar-refractivity contribution in [3.05, 3.63) is 79.7 Å². The SMILES string of the molecule is Cn1c(=O)c2c(ncn2CC(=O)Nc2cc(Cl)ccc2Oc2ccc(Cl)cc2)n(C)c1=O. The van der Waals surface area contributed by atoms with Crippen LogP contribution in [0.15, 0.2) is 58.4 Å². The minimum atomic E-state index is -0.539. The molecular formula is C21H17Cl2N5O4. The molecule has 1 amide bonds. The number of hydrogen-bond acceptors (Lipinski definition) is 5. The predicted molar refractivity (Wildman–Crippen MR) is 122 cm³/mol. The van der Waals surface area contributed by atoms with Gasteiger partial charge in [-0.05, 0) is 42.5 Å². The summed E-state index contributed by atoms with van der Waals surface area (Å²) in [6.45, 7) is -0.211. The number of amides is 1. The van der Waals surface area contributed by atoms with E-state index in [2.05, 4.69) is 10.3 Å². The number of rotatable bonds is 5. The van der Waals surface area contributed by atoms with E-state index in [0.29, 0.717) is 27.2 Å². The lowest BCUT2D eigenvalue weighted by atomic mass is 10.2. The highest BCUT2D eigenvalue weighted by molar-refractivity contribution is 6.31. The number of nitrogens with one attached hydrogen (secondary N) is 1. The van der Waals surface area contributed by atoms with Gasteiger partial charge < -0.3 is 14.6 Å². The topological polar surface area (TPSA) is 100 Å². The van der Waals surface area contributed by atoms with Crippen molar-refractivity contribution in [2.45, 2.75) is 6.54 Å². The van der Waals surface area contributed by atoms with Crippen LogP contribution in [-0.4, -0.2) is 24.6 Å². The maximum absolute atomic E-state index is 12.8. The number of anilines is 1. The lowest BCUT2D eigenvalue weighted by molar-refractivity contribution is -0.116. The molecule has 0 saturated heterocycles. The molecule has 0 unspecified atom stereocenters. The Morgan fingerprint density at radius 2 is 1.72 bits per heavy atom. The summed E-state index contributed by atoms with van der Waals surface area (Å²) in [6, 6.07) is 11.6. The molecule has 9 nitrogen and oxygen atoms in total. The smallest absolute Gasteiger partial charge is 0.332 e. The Morgan fingerprint density at radius 1 is 1.03 bits per heavy atom. The van der Waals surface area contributed by atoms with Gasteiger partial charge in [-0.1, -0.05) is 23.2 Å². The molecule has 32 heavy (non-hydrogen) atoms. The van der Waals surface area contributed by atoms with Crippen molar-refractivity contribution in [2.24, 2.45) is 14.1 Å². The molecule has 4 rings (SSSR count). The Balaban J connectivity index is 1.61. The molecule has 0 radical (unpaired) electrons. The van der Waals surface area contributed by atoms with Crippen LogP contribution in [0.2, 0.25) is 10.0 Å². The average molecular weight is 474 g/mol. The van der Waals surface area contributed by atoms with Gasteiger partial charge in [-0.15, -0.1) is 0 Å². The monoisotopic (exact) mass is 473 g/mol. The van der Waals surface area contributed by atoms with Crippen molar-refractivity contribution in [1.29, 1.82) is 0 Å². The Kier molecular flexibility index (Phi) is 5.77. The molecular weight excluding hydrogens is 457 g/mol. The molecule has 0 aliphatic rings. The molecule has 164 valence electrons. The third kappa shape index (κ3) is 4.12. The van der Waals surface area contributed by atoms with Gasteiger partial charge in [0.1, 0.15) is 12.3 Å². The highest BCUT2D eigenvalue weighted by Crippen LogP contribution is 2.32. The lowest BCUT2D eigenvalue weighted by Crippen LogP contribution is -2.37. The van der Waals surface area contributed by atoms with Gasteiger partial charge in [0.25, 0.3) is 5.56 Å². The van der Waals surface area contributed by atoms with Crippen molar-refractivity contribution in [3.63, 3.8) is 0 Å². The number of carbonyl (C=O) groups excluding carboxylic acids is 1. The molecule has 4 aromatic rings. The molecule has 0 bridgehead atoms. The Labute approximate surface area is 191 Å². The van der Waals surface area contributed by atoms with Crippen molar-refractivity contribution < 1.29 is 9.53 Å². The molecule has 0 fully saturated rings. The van der Waals surface area contributed by atoms with E-state index in [0.717, 1.165) is 4.57 Å². The first kappa shape index (κ1) is 21.7. The molecule has 2 aromatic heterocycles. The maximum Gasteiger partial charge on any atom is 0.332 e. The van der Waals surface area contributed by atoms with Crippen LogP contribution in [0.25, 0.3) is 11.2 Å². The highest BCUT2D eigenvalue weighted by atomic mass is 35.5. The second-order valence-corrected chi connectivity index (χ2v) is 7.87.